The van der Waals surface area contributed by atoms with E-state index in [4.69, 9.17) is 5.11 Å². The van der Waals surface area contributed by atoms with Crippen LogP contribution in [0.25, 0.3) is 10.9 Å². The van der Waals surface area contributed by atoms with Gasteiger partial charge in [0.1, 0.15) is 0 Å². The summed E-state index contributed by atoms with van der Waals surface area (Å²) in [6.07, 6.45) is 2.22. The molecule has 0 saturated carbocycles. The standard InChI is InChI=1S/C18H16N2O6S/c21-18(22)10-3-5-13-12-19(17-9-2-1-8-16(13)17)27(25,26)15-7-4-6-14(11-15)20(23)24/h1-2,4,6-9,11-12H,3,5,10H2,(H,21,22). The molecule has 0 bridgehead atoms. The Morgan fingerprint density at radius 1 is 1.15 bits per heavy atom. The summed E-state index contributed by atoms with van der Waals surface area (Å²) in [5, 5.41) is 20.5. The van der Waals surface area contributed by atoms with Gasteiger partial charge in [0.2, 0.25) is 0 Å². The number of nitro groups is 1. The summed E-state index contributed by atoms with van der Waals surface area (Å²) in [5.41, 5.74) is 0.837. The number of para-hydroxylation sites is 1. The van der Waals surface area contributed by atoms with E-state index in [1.54, 1.807) is 24.3 Å². The molecule has 0 aliphatic heterocycles. The van der Waals surface area contributed by atoms with Crippen LogP contribution < -0.4 is 0 Å². The molecule has 0 fully saturated rings. The number of carboxylic acids is 1. The van der Waals surface area contributed by atoms with Crippen molar-refractivity contribution >= 4 is 32.6 Å². The smallest absolute Gasteiger partial charge is 0.303 e. The summed E-state index contributed by atoms with van der Waals surface area (Å²) in [7, 11) is -4.05. The van der Waals surface area contributed by atoms with Crippen molar-refractivity contribution in [1.82, 2.24) is 3.97 Å². The molecule has 1 N–H and O–H groups in total. The molecule has 3 rings (SSSR count). The molecule has 0 spiro atoms. The fraction of sp³-hybridized carbons (Fsp3) is 0.167. The van der Waals surface area contributed by atoms with E-state index in [0.717, 1.165) is 10.0 Å². The van der Waals surface area contributed by atoms with Gasteiger partial charge in [-0.1, -0.05) is 24.3 Å². The highest BCUT2D eigenvalue weighted by Crippen LogP contribution is 2.28. The first-order valence-electron chi connectivity index (χ1n) is 8.11. The van der Waals surface area contributed by atoms with Crippen LogP contribution in [0.4, 0.5) is 5.69 Å². The SMILES string of the molecule is O=C(O)CCCc1cn(S(=O)(=O)c2cccc([N+](=O)[O-])c2)c2ccccc12. The van der Waals surface area contributed by atoms with Gasteiger partial charge < -0.3 is 5.11 Å². The van der Waals surface area contributed by atoms with Crippen molar-refractivity contribution in [2.75, 3.05) is 0 Å². The zero-order valence-electron chi connectivity index (χ0n) is 14.1. The number of carboxylic acid groups (broad SMARTS) is 1. The molecule has 1 aromatic heterocycles. The second-order valence-electron chi connectivity index (χ2n) is 5.97. The Bertz CT molecular complexity index is 1130. The maximum absolute atomic E-state index is 13.1. The monoisotopic (exact) mass is 388 g/mol. The van der Waals surface area contributed by atoms with Crippen LogP contribution in [-0.2, 0) is 21.2 Å². The highest BCUT2D eigenvalue weighted by Gasteiger charge is 2.23. The molecule has 0 amide bonds. The summed E-state index contributed by atoms with van der Waals surface area (Å²) < 4.78 is 27.2. The minimum Gasteiger partial charge on any atom is -0.481 e. The van der Waals surface area contributed by atoms with E-state index in [9.17, 15) is 23.3 Å². The third kappa shape index (κ3) is 3.68. The number of carbonyl (C=O) groups is 1. The van der Waals surface area contributed by atoms with E-state index in [-0.39, 0.29) is 17.0 Å². The summed E-state index contributed by atoms with van der Waals surface area (Å²) in [6, 6.07) is 11.8. The summed E-state index contributed by atoms with van der Waals surface area (Å²) in [6.45, 7) is 0. The van der Waals surface area contributed by atoms with Gasteiger partial charge in [-0.25, -0.2) is 12.4 Å². The van der Waals surface area contributed by atoms with Gasteiger partial charge in [-0.15, -0.1) is 0 Å². The number of fused-ring (bicyclic) bond motifs is 1. The van der Waals surface area contributed by atoms with E-state index in [1.165, 1.54) is 24.4 Å². The number of nitrogens with zero attached hydrogens (tertiary/aromatic N) is 2. The molecule has 0 radical (unpaired) electrons. The Hall–Kier alpha value is -3.20. The molecule has 8 nitrogen and oxygen atoms in total. The van der Waals surface area contributed by atoms with Crippen molar-refractivity contribution in [1.29, 1.82) is 0 Å². The fourth-order valence-electron chi connectivity index (χ4n) is 2.92. The van der Waals surface area contributed by atoms with E-state index in [0.29, 0.717) is 29.3 Å². The molecule has 0 atom stereocenters. The van der Waals surface area contributed by atoms with Gasteiger partial charge in [0.05, 0.1) is 15.3 Å². The van der Waals surface area contributed by atoms with E-state index < -0.39 is 20.9 Å². The fourth-order valence-corrected chi connectivity index (χ4v) is 4.35. The van der Waals surface area contributed by atoms with Crippen LogP contribution in [-0.4, -0.2) is 28.4 Å². The molecule has 0 saturated heterocycles. The third-order valence-corrected chi connectivity index (χ3v) is 5.85. The van der Waals surface area contributed by atoms with Crippen molar-refractivity contribution in [2.45, 2.75) is 24.2 Å². The quantitative estimate of drug-likeness (QED) is 0.490. The first-order chi connectivity index (χ1) is 12.8. The van der Waals surface area contributed by atoms with Gasteiger partial charge in [0.15, 0.2) is 0 Å². The van der Waals surface area contributed by atoms with Crippen LogP contribution in [0, 0.1) is 10.1 Å². The Morgan fingerprint density at radius 3 is 2.59 bits per heavy atom. The Labute approximate surface area is 154 Å². The minimum atomic E-state index is -4.05. The average Bonchev–Trinajstić information content (AvgIpc) is 3.01. The second kappa shape index (κ2) is 7.20. The molecule has 2 aromatic carbocycles. The lowest BCUT2D eigenvalue weighted by atomic mass is 10.1. The number of aliphatic carboxylic acids is 1. The number of benzene rings is 2. The van der Waals surface area contributed by atoms with Gasteiger partial charge in [0.25, 0.3) is 15.7 Å². The summed E-state index contributed by atoms with van der Waals surface area (Å²) >= 11 is 0. The number of non-ortho nitro benzene ring substituents is 1. The lowest BCUT2D eigenvalue weighted by Crippen LogP contribution is -2.12. The number of rotatable bonds is 7. The predicted octanol–water partition coefficient (Wildman–Crippen LogP) is 3.19. The van der Waals surface area contributed by atoms with Crippen LogP contribution in [0.1, 0.15) is 18.4 Å². The van der Waals surface area contributed by atoms with Crippen molar-refractivity contribution in [3.63, 3.8) is 0 Å². The first kappa shape index (κ1) is 18.6. The molecule has 27 heavy (non-hydrogen) atoms. The lowest BCUT2D eigenvalue weighted by Gasteiger charge is -2.07. The van der Waals surface area contributed by atoms with E-state index in [1.807, 2.05) is 0 Å². The van der Waals surface area contributed by atoms with Crippen molar-refractivity contribution in [3.8, 4) is 0 Å². The molecule has 3 aromatic rings. The normalized spacial score (nSPS) is 11.6. The van der Waals surface area contributed by atoms with E-state index >= 15 is 0 Å². The van der Waals surface area contributed by atoms with Crippen LogP contribution in [0.3, 0.4) is 0 Å². The molecular weight excluding hydrogens is 372 g/mol. The second-order valence-corrected chi connectivity index (χ2v) is 7.79. The number of aryl methyl sites for hydroxylation is 1. The van der Waals surface area contributed by atoms with Crippen LogP contribution in [0.15, 0.2) is 59.6 Å². The molecule has 1 heterocycles. The molecule has 9 heteroatoms. The molecule has 0 unspecified atom stereocenters. The third-order valence-electron chi connectivity index (χ3n) is 4.18. The van der Waals surface area contributed by atoms with Crippen LogP contribution in [0.5, 0.6) is 0 Å². The maximum atomic E-state index is 13.1. The van der Waals surface area contributed by atoms with Gasteiger partial charge >= 0.3 is 5.97 Å². The Kier molecular flexibility index (Phi) is 4.95. The predicted molar refractivity (Wildman–Crippen MR) is 98.2 cm³/mol. The summed E-state index contributed by atoms with van der Waals surface area (Å²) in [5.74, 6) is -0.914. The Balaban J connectivity index is 2.09. The van der Waals surface area contributed by atoms with Crippen LogP contribution >= 0.6 is 0 Å². The number of hydrogen-bond acceptors (Lipinski definition) is 5. The maximum Gasteiger partial charge on any atom is 0.303 e. The average molecular weight is 388 g/mol. The van der Waals surface area contributed by atoms with Gasteiger partial charge in [-0.3, -0.25) is 14.9 Å². The van der Waals surface area contributed by atoms with Crippen LogP contribution in [0.2, 0.25) is 0 Å². The van der Waals surface area contributed by atoms with Crippen molar-refractivity contribution in [2.24, 2.45) is 0 Å². The van der Waals surface area contributed by atoms with Gasteiger partial charge in [0, 0.05) is 30.1 Å². The molecule has 0 aliphatic carbocycles. The Morgan fingerprint density at radius 2 is 1.89 bits per heavy atom. The largest absolute Gasteiger partial charge is 0.481 e. The van der Waals surface area contributed by atoms with E-state index in [2.05, 4.69) is 0 Å². The highest BCUT2D eigenvalue weighted by molar-refractivity contribution is 7.90. The first-order valence-corrected chi connectivity index (χ1v) is 9.55. The molecular formula is C18H16N2O6S. The lowest BCUT2D eigenvalue weighted by molar-refractivity contribution is -0.385. The van der Waals surface area contributed by atoms with Gasteiger partial charge in [-0.2, -0.15) is 0 Å². The summed E-state index contributed by atoms with van der Waals surface area (Å²) in [4.78, 5) is 20.9. The van der Waals surface area contributed by atoms with Crippen molar-refractivity contribution < 1.29 is 23.2 Å². The van der Waals surface area contributed by atoms with Crippen molar-refractivity contribution in [3.05, 3.63) is 70.4 Å². The molecule has 0 aliphatic rings. The number of aromatic nitrogens is 1. The highest BCUT2D eigenvalue weighted by atomic mass is 32.2. The number of hydrogen-bond donors (Lipinski definition) is 1. The topological polar surface area (TPSA) is 120 Å². The zero-order valence-corrected chi connectivity index (χ0v) is 14.9. The number of nitro benzene ring substituents is 1. The minimum absolute atomic E-state index is 0.0167. The van der Waals surface area contributed by atoms with Gasteiger partial charge in [-0.05, 0) is 30.5 Å². The zero-order chi connectivity index (χ0) is 19.6. The molecule has 140 valence electrons.